The smallest absolute Gasteiger partial charge is 0.259 e. The van der Waals surface area contributed by atoms with E-state index in [1.54, 1.807) is 19.1 Å². The van der Waals surface area contributed by atoms with E-state index in [0.717, 1.165) is 17.7 Å². The molecule has 2 aromatic carbocycles. The zero-order valence-electron chi connectivity index (χ0n) is 10.4. The van der Waals surface area contributed by atoms with Gasteiger partial charge in [-0.25, -0.2) is 4.39 Å². The Morgan fingerprint density at radius 3 is 2.60 bits per heavy atom. The molecule has 1 amide bonds. The van der Waals surface area contributed by atoms with Crippen molar-refractivity contribution in [1.29, 1.82) is 0 Å². The average Bonchev–Trinajstić information content (AvgIpc) is 2.39. The Morgan fingerprint density at radius 2 is 1.95 bits per heavy atom. The van der Waals surface area contributed by atoms with E-state index < -0.39 is 17.5 Å². The number of halogens is 3. The van der Waals surface area contributed by atoms with Crippen LogP contribution in [0.2, 0.25) is 10.0 Å². The Labute approximate surface area is 124 Å². The summed E-state index contributed by atoms with van der Waals surface area (Å²) in [6.45, 7) is 1.77. The van der Waals surface area contributed by atoms with Gasteiger partial charge < -0.3 is 10.4 Å². The highest BCUT2D eigenvalue weighted by atomic mass is 35.5. The fourth-order valence-corrected chi connectivity index (χ4v) is 2.11. The van der Waals surface area contributed by atoms with E-state index in [0.29, 0.717) is 5.02 Å². The van der Waals surface area contributed by atoms with Gasteiger partial charge in [0.15, 0.2) is 0 Å². The van der Waals surface area contributed by atoms with Gasteiger partial charge in [0, 0.05) is 6.07 Å². The highest BCUT2D eigenvalue weighted by Crippen LogP contribution is 2.33. The van der Waals surface area contributed by atoms with Crippen LogP contribution in [0.5, 0.6) is 5.75 Å². The summed E-state index contributed by atoms with van der Waals surface area (Å²) in [6, 6.07) is 6.43. The first-order valence-electron chi connectivity index (χ1n) is 5.64. The van der Waals surface area contributed by atoms with Crippen molar-refractivity contribution in [3.63, 3.8) is 0 Å². The first kappa shape index (κ1) is 14.6. The Kier molecular flexibility index (Phi) is 4.16. The SMILES string of the molecule is Cc1ccc(Cl)c(NC(=O)c2ccc(F)cc2O)c1Cl. The van der Waals surface area contributed by atoms with Gasteiger partial charge in [0.2, 0.25) is 0 Å². The minimum atomic E-state index is -0.634. The largest absolute Gasteiger partial charge is 0.507 e. The lowest BCUT2D eigenvalue weighted by Gasteiger charge is -2.11. The number of hydrogen-bond donors (Lipinski definition) is 2. The molecule has 0 radical (unpaired) electrons. The van der Waals surface area contributed by atoms with Crippen LogP contribution in [-0.4, -0.2) is 11.0 Å². The molecular weight excluding hydrogens is 304 g/mol. The third-order valence-electron chi connectivity index (χ3n) is 2.73. The Morgan fingerprint density at radius 1 is 1.25 bits per heavy atom. The Balaban J connectivity index is 2.35. The summed E-state index contributed by atoms with van der Waals surface area (Å²) in [7, 11) is 0. The number of carbonyl (C=O) groups excluding carboxylic acids is 1. The number of benzene rings is 2. The van der Waals surface area contributed by atoms with E-state index in [4.69, 9.17) is 23.2 Å². The standard InChI is InChI=1S/C14H10Cl2FNO2/c1-7-2-5-10(15)13(12(7)16)18-14(20)9-4-3-8(17)6-11(9)19/h2-6,19H,1H3,(H,18,20). The maximum atomic E-state index is 12.9. The number of anilines is 1. The monoisotopic (exact) mass is 313 g/mol. The normalized spacial score (nSPS) is 10.4. The molecule has 0 heterocycles. The summed E-state index contributed by atoms with van der Waals surface area (Å²) in [4.78, 5) is 12.1. The van der Waals surface area contributed by atoms with Crippen LogP contribution in [0.4, 0.5) is 10.1 Å². The van der Waals surface area contributed by atoms with E-state index >= 15 is 0 Å². The number of rotatable bonds is 2. The van der Waals surface area contributed by atoms with Crippen molar-refractivity contribution in [3.05, 3.63) is 57.3 Å². The lowest BCUT2D eigenvalue weighted by molar-refractivity contribution is 0.102. The van der Waals surface area contributed by atoms with Gasteiger partial charge >= 0.3 is 0 Å². The van der Waals surface area contributed by atoms with E-state index in [9.17, 15) is 14.3 Å². The molecule has 2 N–H and O–H groups in total. The second kappa shape index (κ2) is 5.69. The predicted octanol–water partition coefficient (Wildman–Crippen LogP) is 4.40. The van der Waals surface area contributed by atoms with Gasteiger partial charge in [0.05, 0.1) is 21.3 Å². The van der Waals surface area contributed by atoms with Gasteiger partial charge in [-0.1, -0.05) is 29.3 Å². The number of carbonyl (C=O) groups is 1. The highest BCUT2D eigenvalue weighted by molar-refractivity contribution is 6.40. The lowest BCUT2D eigenvalue weighted by atomic mass is 10.1. The number of nitrogens with one attached hydrogen (secondary N) is 1. The van der Waals surface area contributed by atoms with E-state index in [-0.39, 0.29) is 16.3 Å². The van der Waals surface area contributed by atoms with E-state index in [1.165, 1.54) is 6.07 Å². The quantitative estimate of drug-likeness (QED) is 0.863. The van der Waals surface area contributed by atoms with Gasteiger partial charge in [0.25, 0.3) is 5.91 Å². The molecule has 104 valence electrons. The molecule has 3 nitrogen and oxygen atoms in total. The van der Waals surface area contributed by atoms with Crippen LogP contribution in [0.15, 0.2) is 30.3 Å². The molecule has 0 aliphatic carbocycles. The first-order valence-corrected chi connectivity index (χ1v) is 6.40. The van der Waals surface area contributed by atoms with Gasteiger partial charge in [-0.2, -0.15) is 0 Å². The fourth-order valence-electron chi connectivity index (χ4n) is 1.65. The molecule has 2 rings (SSSR count). The summed E-state index contributed by atoms with van der Waals surface area (Å²) in [5, 5.41) is 12.7. The molecular formula is C14H10Cl2FNO2. The number of amides is 1. The molecule has 20 heavy (non-hydrogen) atoms. The number of phenols is 1. The third kappa shape index (κ3) is 2.86. The van der Waals surface area contributed by atoms with Crippen molar-refractivity contribution in [2.45, 2.75) is 6.92 Å². The molecule has 0 atom stereocenters. The van der Waals surface area contributed by atoms with Crippen molar-refractivity contribution in [1.82, 2.24) is 0 Å². The second-order valence-corrected chi connectivity index (χ2v) is 4.95. The van der Waals surface area contributed by atoms with Crippen LogP contribution in [0.25, 0.3) is 0 Å². The van der Waals surface area contributed by atoms with Crippen LogP contribution in [0.3, 0.4) is 0 Å². The van der Waals surface area contributed by atoms with Crippen LogP contribution >= 0.6 is 23.2 Å². The lowest BCUT2D eigenvalue weighted by Crippen LogP contribution is -2.13. The fraction of sp³-hybridized carbons (Fsp3) is 0.0714. The summed E-state index contributed by atoms with van der Waals surface area (Å²) >= 11 is 12.0. The van der Waals surface area contributed by atoms with Crippen LogP contribution in [0.1, 0.15) is 15.9 Å². The maximum absolute atomic E-state index is 12.9. The number of hydrogen-bond acceptors (Lipinski definition) is 2. The Hall–Kier alpha value is -1.78. The van der Waals surface area contributed by atoms with Crippen LogP contribution in [-0.2, 0) is 0 Å². The molecule has 0 saturated heterocycles. The maximum Gasteiger partial charge on any atom is 0.259 e. The van der Waals surface area contributed by atoms with Gasteiger partial charge in [0.1, 0.15) is 11.6 Å². The molecule has 0 fully saturated rings. The van der Waals surface area contributed by atoms with Crippen LogP contribution < -0.4 is 5.32 Å². The molecule has 0 bridgehead atoms. The summed E-state index contributed by atoms with van der Waals surface area (Å²) < 4.78 is 12.9. The molecule has 0 aromatic heterocycles. The number of phenolic OH excluding ortho intramolecular Hbond substituents is 1. The van der Waals surface area contributed by atoms with E-state index in [2.05, 4.69) is 5.32 Å². The molecule has 0 aliphatic heterocycles. The molecule has 0 saturated carbocycles. The summed E-state index contributed by atoms with van der Waals surface area (Å²) in [6.07, 6.45) is 0. The molecule has 0 unspecified atom stereocenters. The number of aryl methyl sites for hydroxylation is 1. The number of aromatic hydroxyl groups is 1. The zero-order chi connectivity index (χ0) is 14.9. The van der Waals surface area contributed by atoms with Crippen molar-refractivity contribution in [3.8, 4) is 5.75 Å². The molecule has 0 spiro atoms. The topological polar surface area (TPSA) is 49.3 Å². The Bertz CT molecular complexity index is 689. The minimum absolute atomic E-state index is 0.0694. The highest BCUT2D eigenvalue weighted by Gasteiger charge is 2.16. The van der Waals surface area contributed by atoms with Gasteiger partial charge in [-0.05, 0) is 30.7 Å². The summed E-state index contributed by atoms with van der Waals surface area (Å²) in [5.41, 5.74) is 0.928. The first-order chi connectivity index (χ1) is 9.40. The van der Waals surface area contributed by atoms with Crippen molar-refractivity contribution >= 4 is 34.8 Å². The van der Waals surface area contributed by atoms with Crippen molar-refractivity contribution in [2.75, 3.05) is 5.32 Å². The van der Waals surface area contributed by atoms with E-state index in [1.807, 2.05) is 0 Å². The molecule has 6 heteroatoms. The van der Waals surface area contributed by atoms with Gasteiger partial charge in [-0.15, -0.1) is 0 Å². The zero-order valence-corrected chi connectivity index (χ0v) is 11.9. The van der Waals surface area contributed by atoms with Crippen molar-refractivity contribution in [2.24, 2.45) is 0 Å². The second-order valence-electron chi connectivity index (χ2n) is 4.17. The molecule has 0 aliphatic rings. The third-order valence-corrected chi connectivity index (χ3v) is 3.53. The minimum Gasteiger partial charge on any atom is -0.507 e. The summed E-state index contributed by atoms with van der Waals surface area (Å²) in [5.74, 6) is -1.72. The predicted molar refractivity (Wildman–Crippen MR) is 77.2 cm³/mol. The van der Waals surface area contributed by atoms with Gasteiger partial charge in [-0.3, -0.25) is 4.79 Å². The average molecular weight is 314 g/mol. The van der Waals surface area contributed by atoms with Crippen LogP contribution in [0, 0.1) is 12.7 Å². The van der Waals surface area contributed by atoms with Crippen molar-refractivity contribution < 1.29 is 14.3 Å². The molecule has 2 aromatic rings.